The highest BCUT2D eigenvalue weighted by Crippen LogP contribution is 2.14. The van der Waals surface area contributed by atoms with Crippen LogP contribution in [0.5, 0.6) is 0 Å². The van der Waals surface area contributed by atoms with Crippen LogP contribution in [0.3, 0.4) is 0 Å². The van der Waals surface area contributed by atoms with Crippen molar-refractivity contribution in [3.63, 3.8) is 0 Å². The fourth-order valence-corrected chi connectivity index (χ4v) is 5.05. The molecule has 5 rings (SSSR count). The summed E-state index contributed by atoms with van der Waals surface area (Å²) in [5.41, 5.74) is 10.4. The molecule has 40 heavy (non-hydrogen) atoms. The molecule has 1 nitrogen and oxygen atoms in total. The van der Waals surface area contributed by atoms with Crippen molar-refractivity contribution >= 4 is 24.3 Å². The number of nitrogens with zero attached hydrogens (tertiary/aromatic N) is 1. The minimum atomic E-state index is 0.914. The maximum Gasteiger partial charge on any atom is 0.205 e. The van der Waals surface area contributed by atoms with Gasteiger partial charge in [-0.15, -0.1) is 0 Å². The highest BCUT2D eigenvalue weighted by atomic mass is 15.0. The standard InChI is InChI=1S/C39H38N/c1-2-40-38(30-28-36-24-20-34(21-25-36)18-16-32-10-5-3-6-11-32)14-9-15-39(40)31-29-37-26-22-35(23-27-37)19-17-33-12-7-4-8-13-33/h3-15,20-31H,2,16-19H2,1H3/q+1/b30-28+,31-29+. The largest absolute Gasteiger partial charge is 0.205 e. The zero-order chi connectivity index (χ0) is 27.4. The van der Waals surface area contributed by atoms with Gasteiger partial charge in [0.15, 0.2) is 0 Å². The highest BCUT2D eigenvalue weighted by molar-refractivity contribution is 5.69. The molecule has 4 aromatic carbocycles. The second kappa shape index (κ2) is 14.1. The van der Waals surface area contributed by atoms with Gasteiger partial charge in [-0.05, 0) is 84.2 Å². The van der Waals surface area contributed by atoms with Crippen molar-refractivity contribution in [1.82, 2.24) is 0 Å². The molecule has 198 valence electrons. The number of hydrogen-bond donors (Lipinski definition) is 0. The molecule has 0 unspecified atom stereocenters. The summed E-state index contributed by atoms with van der Waals surface area (Å²) in [7, 11) is 0. The minimum Gasteiger partial charge on any atom is -0.193 e. The zero-order valence-electron chi connectivity index (χ0n) is 23.4. The molecule has 0 bridgehead atoms. The quantitative estimate of drug-likeness (QED) is 0.153. The Morgan fingerprint density at radius 1 is 0.400 bits per heavy atom. The van der Waals surface area contributed by atoms with Crippen molar-refractivity contribution in [2.45, 2.75) is 39.2 Å². The topological polar surface area (TPSA) is 3.88 Å². The average Bonchev–Trinajstić information content (AvgIpc) is 3.02. The predicted octanol–water partition coefficient (Wildman–Crippen LogP) is 8.91. The van der Waals surface area contributed by atoms with E-state index in [-0.39, 0.29) is 0 Å². The van der Waals surface area contributed by atoms with Gasteiger partial charge >= 0.3 is 0 Å². The molecule has 0 radical (unpaired) electrons. The van der Waals surface area contributed by atoms with Crippen LogP contribution in [0.2, 0.25) is 0 Å². The molecule has 0 fully saturated rings. The lowest BCUT2D eigenvalue weighted by Crippen LogP contribution is -2.38. The molecule has 0 saturated heterocycles. The molecule has 0 spiro atoms. The van der Waals surface area contributed by atoms with Gasteiger partial charge in [0, 0.05) is 24.3 Å². The van der Waals surface area contributed by atoms with Crippen molar-refractivity contribution in [2.75, 3.05) is 0 Å². The Morgan fingerprint density at radius 3 is 1.15 bits per heavy atom. The molecular weight excluding hydrogens is 482 g/mol. The van der Waals surface area contributed by atoms with Crippen LogP contribution >= 0.6 is 0 Å². The molecule has 0 N–H and O–H groups in total. The van der Waals surface area contributed by atoms with E-state index in [0.29, 0.717) is 0 Å². The molecule has 1 aromatic heterocycles. The smallest absolute Gasteiger partial charge is 0.193 e. The number of benzene rings is 4. The molecule has 0 atom stereocenters. The number of rotatable bonds is 11. The lowest BCUT2D eigenvalue weighted by atomic mass is 10.0. The molecule has 5 aromatic rings. The van der Waals surface area contributed by atoms with Gasteiger partial charge in [0.05, 0.1) is 0 Å². The van der Waals surface area contributed by atoms with E-state index in [1.54, 1.807) is 0 Å². The first-order valence-electron chi connectivity index (χ1n) is 14.4. The molecule has 0 aliphatic carbocycles. The second-order valence-corrected chi connectivity index (χ2v) is 10.2. The van der Waals surface area contributed by atoms with Crippen molar-refractivity contribution in [2.24, 2.45) is 0 Å². The number of pyridine rings is 1. The van der Waals surface area contributed by atoms with Gasteiger partial charge in [-0.2, -0.15) is 4.57 Å². The van der Waals surface area contributed by atoms with E-state index < -0.39 is 0 Å². The summed E-state index contributed by atoms with van der Waals surface area (Å²) in [6.45, 7) is 3.12. The molecule has 0 aliphatic heterocycles. The summed E-state index contributed by atoms with van der Waals surface area (Å²) >= 11 is 0. The van der Waals surface area contributed by atoms with Crippen LogP contribution in [0.15, 0.2) is 127 Å². The van der Waals surface area contributed by atoms with Gasteiger partial charge in [-0.1, -0.05) is 109 Å². The van der Waals surface area contributed by atoms with Gasteiger partial charge in [0.1, 0.15) is 6.54 Å². The monoisotopic (exact) mass is 520 g/mol. The van der Waals surface area contributed by atoms with Gasteiger partial charge in [-0.25, -0.2) is 0 Å². The summed E-state index contributed by atoms with van der Waals surface area (Å²) in [5.74, 6) is 0. The van der Waals surface area contributed by atoms with Crippen molar-refractivity contribution in [3.05, 3.63) is 172 Å². The Morgan fingerprint density at radius 2 is 0.775 bits per heavy atom. The van der Waals surface area contributed by atoms with E-state index in [2.05, 4.69) is 163 Å². The first-order valence-corrected chi connectivity index (χ1v) is 14.4. The fraction of sp³-hybridized carbons (Fsp3) is 0.154. The molecule has 0 amide bonds. The van der Waals surface area contributed by atoms with Crippen LogP contribution in [-0.4, -0.2) is 0 Å². The van der Waals surface area contributed by atoms with E-state index in [0.717, 1.165) is 32.2 Å². The Balaban J connectivity index is 1.21. The molecule has 0 aliphatic rings. The number of aryl methyl sites for hydroxylation is 4. The van der Waals surface area contributed by atoms with Crippen LogP contribution in [-0.2, 0) is 32.2 Å². The van der Waals surface area contributed by atoms with Crippen LogP contribution in [0, 0.1) is 0 Å². The molecule has 1 heterocycles. The summed E-state index contributed by atoms with van der Waals surface area (Å²) in [6, 6.07) is 45.8. The van der Waals surface area contributed by atoms with Gasteiger partial charge in [0.2, 0.25) is 11.4 Å². The van der Waals surface area contributed by atoms with Crippen LogP contribution in [0.1, 0.15) is 51.7 Å². The predicted molar refractivity (Wildman–Crippen MR) is 171 cm³/mol. The maximum absolute atomic E-state index is 2.36. The average molecular weight is 521 g/mol. The third-order valence-corrected chi connectivity index (χ3v) is 7.42. The summed E-state index contributed by atoms with van der Waals surface area (Å²) in [5, 5.41) is 0. The third-order valence-electron chi connectivity index (χ3n) is 7.42. The van der Waals surface area contributed by atoms with Crippen LogP contribution in [0.4, 0.5) is 0 Å². The van der Waals surface area contributed by atoms with E-state index in [1.165, 1.54) is 44.8 Å². The van der Waals surface area contributed by atoms with Crippen molar-refractivity contribution < 1.29 is 4.57 Å². The lowest BCUT2D eigenvalue weighted by Gasteiger charge is -2.04. The number of hydrogen-bond acceptors (Lipinski definition) is 0. The minimum absolute atomic E-state index is 0.914. The molecule has 0 saturated carbocycles. The Bertz CT molecular complexity index is 1410. The van der Waals surface area contributed by atoms with E-state index in [4.69, 9.17) is 0 Å². The first kappa shape index (κ1) is 27.1. The Labute approximate surface area is 239 Å². The molecule has 1 heteroatoms. The Hall–Kier alpha value is -4.49. The summed E-state index contributed by atoms with van der Waals surface area (Å²) in [6.07, 6.45) is 13.1. The van der Waals surface area contributed by atoms with E-state index in [9.17, 15) is 0 Å². The van der Waals surface area contributed by atoms with Crippen molar-refractivity contribution in [1.29, 1.82) is 0 Å². The second-order valence-electron chi connectivity index (χ2n) is 10.2. The zero-order valence-corrected chi connectivity index (χ0v) is 23.4. The van der Waals surface area contributed by atoms with E-state index >= 15 is 0 Å². The third kappa shape index (κ3) is 7.77. The summed E-state index contributed by atoms with van der Waals surface area (Å²) in [4.78, 5) is 0. The summed E-state index contributed by atoms with van der Waals surface area (Å²) < 4.78 is 2.36. The fourth-order valence-electron chi connectivity index (χ4n) is 5.05. The van der Waals surface area contributed by atoms with Crippen LogP contribution in [0.25, 0.3) is 24.3 Å². The highest BCUT2D eigenvalue weighted by Gasteiger charge is 2.10. The van der Waals surface area contributed by atoms with Gasteiger partial charge in [-0.3, -0.25) is 0 Å². The lowest BCUT2D eigenvalue weighted by molar-refractivity contribution is -0.696. The van der Waals surface area contributed by atoms with Gasteiger partial charge < -0.3 is 0 Å². The molecular formula is C39H38N+. The Kier molecular flexibility index (Phi) is 9.52. The number of aromatic nitrogens is 1. The van der Waals surface area contributed by atoms with Gasteiger partial charge in [0.25, 0.3) is 0 Å². The normalized spacial score (nSPS) is 11.4. The maximum atomic E-state index is 2.36. The van der Waals surface area contributed by atoms with Crippen molar-refractivity contribution in [3.8, 4) is 0 Å². The SMILES string of the molecule is CC[n+]1c(/C=C/c2ccc(CCc3ccccc3)cc2)cccc1/C=C/c1ccc(CCc2ccccc2)cc1. The van der Waals surface area contributed by atoms with Crippen LogP contribution < -0.4 is 4.57 Å². The van der Waals surface area contributed by atoms with E-state index in [1.807, 2.05) is 0 Å². The first-order chi connectivity index (χ1) is 19.8.